The second kappa shape index (κ2) is 10.2. The van der Waals surface area contributed by atoms with Crippen molar-refractivity contribution in [2.75, 3.05) is 32.8 Å². The molecule has 0 unspecified atom stereocenters. The average Bonchev–Trinajstić information content (AvgIpc) is 3.20. The number of carbonyl (C=O) groups is 3. The van der Waals surface area contributed by atoms with E-state index in [1.807, 2.05) is 31.2 Å². The van der Waals surface area contributed by atoms with Crippen molar-refractivity contribution in [3.8, 4) is 11.5 Å². The van der Waals surface area contributed by atoms with Gasteiger partial charge in [0.15, 0.2) is 11.5 Å². The van der Waals surface area contributed by atoms with Crippen LogP contribution in [0.2, 0.25) is 0 Å². The highest BCUT2D eigenvalue weighted by atomic mass is 16.5. The van der Waals surface area contributed by atoms with Crippen molar-refractivity contribution in [3.63, 3.8) is 0 Å². The van der Waals surface area contributed by atoms with Crippen LogP contribution in [0.3, 0.4) is 0 Å². The van der Waals surface area contributed by atoms with Crippen LogP contribution in [0.5, 0.6) is 11.5 Å². The smallest absolute Gasteiger partial charge is 0.307 e. The molecule has 1 N–H and O–H groups in total. The van der Waals surface area contributed by atoms with Gasteiger partial charge < -0.3 is 24.4 Å². The lowest BCUT2D eigenvalue weighted by atomic mass is 10.0. The Morgan fingerprint density at radius 3 is 2.38 bits per heavy atom. The van der Waals surface area contributed by atoms with Crippen LogP contribution < -0.4 is 19.7 Å². The number of aryl methyl sites for hydroxylation is 1. The van der Waals surface area contributed by atoms with Crippen LogP contribution in [0.1, 0.15) is 30.0 Å². The Bertz CT molecular complexity index is 988. The van der Waals surface area contributed by atoms with Gasteiger partial charge in [0.05, 0.1) is 39.7 Å². The summed E-state index contributed by atoms with van der Waals surface area (Å²) in [6.07, 6.45) is 0.0522. The monoisotopic (exact) mass is 440 g/mol. The molecule has 1 aliphatic heterocycles. The van der Waals surface area contributed by atoms with E-state index in [2.05, 4.69) is 5.32 Å². The molecular formula is C24H28N2O6. The van der Waals surface area contributed by atoms with E-state index in [9.17, 15) is 14.4 Å². The molecule has 2 aromatic carbocycles. The molecule has 2 amide bonds. The van der Waals surface area contributed by atoms with Gasteiger partial charge in [0.1, 0.15) is 0 Å². The summed E-state index contributed by atoms with van der Waals surface area (Å²) < 4.78 is 15.4. The van der Waals surface area contributed by atoms with E-state index >= 15 is 0 Å². The molecule has 0 aromatic heterocycles. The molecule has 8 nitrogen and oxygen atoms in total. The Morgan fingerprint density at radius 1 is 1.06 bits per heavy atom. The first kappa shape index (κ1) is 23.1. The first-order chi connectivity index (χ1) is 15.4. The zero-order valence-corrected chi connectivity index (χ0v) is 18.7. The predicted molar refractivity (Wildman–Crippen MR) is 119 cm³/mol. The van der Waals surface area contributed by atoms with Crippen LogP contribution in [0.25, 0.3) is 0 Å². The van der Waals surface area contributed by atoms with E-state index in [0.717, 1.165) is 11.3 Å². The lowest BCUT2D eigenvalue weighted by molar-refractivity contribution is -0.141. The van der Waals surface area contributed by atoms with E-state index in [1.54, 1.807) is 23.1 Å². The molecule has 2 atom stereocenters. The van der Waals surface area contributed by atoms with Crippen LogP contribution in [0, 0.1) is 12.8 Å². The molecule has 0 aliphatic carbocycles. The zero-order chi connectivity index (χ0) is 23.3. The topological polar surface area (TPSA) is 94.2 Å². The van der Waals surface area contributed by atoms with Gasteiger partial charge in [-0.3, -0.25) is 14.4 Å². The summed E-state index contributed by atoms with van der Waals surface area (Å²) in [6.45, 7) is 2.26. The number of methoxy groups -OCH3 is 3. The number of esters is 1. The minimum Gasteiger partial charge on any atom is -0.493 e. The van der Waals surface area contributed by atoms with Crippen molar-refractivity contribution in [1.82, 2.24) is 5.32 Å². The molecule has 0 spiro atoms. The zero-order valence-electron chi connectivity index (χ0n) is 18.7. The first-order valence-corrected chi connectivity index (χ1v) is 10.3. The van der Waals surface area contributed by atoms with Gasteiger partial charge >= 0.3 is 5.97 Å². The normalized spacial score (nSPS) is 16.4. The number of ether oxygens (including phenoxy) is 3. The molecule has 1 fully saturated rings. The third-order valence-electron chi connectivity index (χ3n) is 5.57. The Labute approximate surface area is 187 Å². The third kappa shape index (κ3) is 5.19. The summed E-state index contributed by atoms with van der Waals surface area (Å²) in [6, 6.07) is 12.1. The van der Waals surface area contributed by atoms with Crippen LogP contribution in [0.4, 0.5) is 5.69 Å². The van der Waals surface area contributed by atoms with Crippen LogP contribution in [0.15, 0.2) is 42.5 Å². The number of amides is 2. The molecule has 170 valence electrons. The van der Waals surface area contributed by atoms with Crippen LogP contribution in [-0.2, 0) is 19.1 Å². The molecule has 1 saturated heterocycles. The molecule has 3 rings (SSSR count). The lowest BCUT2D eigenvalue weighted by Crippen LogP contribution is -2.36. The van der Waals surface area contributed by atoms with Crippen molar-refractivity contribution in [1.29, 1.82) is 0 Å². The summed E-state index contributed by atoms with van der Waals surface area (Å²) >= 11 is 0. The van der Waals surface area contributed by atoms with E-state index in [0.29, 0.717) is 17.1 Å². The molecule has 0 bridgehead atoms. The first-order valence-electron chi connectivity index (χ1n) is 10.3. The molecule has 1 heterocycles. The fraction of sp³-hybridized carbons (Fsp3) is 0.375. The largest absolute Gasteiger partial charge is 0.493 e. The van der Waals surface area contributed by atoms with Gasteiger partial charge in [-0.05, 0) is 36.8 Å². The molecule has 2 aromatic rings. The highest BCUT2D eigenvalue weighted by Gasteiger charge is 2.36. The number of rotatable bonds is 8. The van der Waals surface area contributed by atoms with Gasteiger partial charge in [-0.2, -0.15) is 0 Å². The number of nitrogens with zero attached hydrogens (tertiary/aromatic N) is 1. The average molecular weight is 440 g/mol. The Kier molecular flexibility index (Phi) is 7.35. The van der Waals surface area contributed by atoms with Gasteiger partial charge in [-0.1, -0.05) is 23.8 Å². The summed E-state index contributed by atoms with van der Waals surface area (Å²) in [5.41, 5.74) is 2.53. The van der Waals surface area contributed by atoms with Crippen LogP contribution in [-0.4, -0.2) is 45.7 Å². The van der Waals surface area contributed by atoms with E-state index in [1.165, 1.54) is 21.3 Å². The summed E-state index contributed by atoms with van der Waals surface area (Å²) in [4.78, 5) is 39.2. The van der Waals surface area contributed by atoms with Crippen LogP contribution >= 0.6 is 0 Å². The number of hydrogen-bond donors (Lipinski definition) is 1. The standard InChI is InChI=1S/C24H28N2O6/c1-15-5-8-18(9-6-15)26-14-17(12-22(26)27)24(29)25-19(13-23(28)32-4)16-7-10-20(30-2)21(11-16)31-3/h5-11,17,19H,12-14H2,1-4H3,(H,25,29)/t17-,19-/m1/s1. The van der Waals surface area contributed by atoms with Crippen molar-refractivity contribution in [2.45, 2.75) is 25.8 Å². The summed E-state index contributed by atoms with van der Waals surface area (Å²) in [7, 11) is 4.34. The van der Waals surface area contributed by atoms with Gasteiger partial charge in [0.25, 0.3) is 0 Å². The molecule has 0 saturated carbocycles. The minimum atomic E-state index is -0.640. The number of anilines is 1. The predicted octanol–water partition coefficient (Wildman–Crippen LogP) is 2.79. The van der Waals surface area contributed by atoms with Gasteiger partial charge in [-0.25, -0.2) is 0 Å². The summed E-state index contributed by atoms with van der Waals surface area (Å²) in [5, 5.41) is 2.92. The minimum absolute atomic E-state index is 0.0555. The Balaban J connectivity index is 1.77. The second-order valence-corrected chi connectivity index (χ2v) is 7.70. The lowest BCUT2D eigenvalue weighted by Gasteiger charge is -2.22. The fourth-order valence-electron chi connectivity index (χ4n) is 3.72. The van der Waals surface area contributed by atoms with Crippen molar-refractivity contribution in [2.24, 2.45) is 5.92 Å². The number of benzene rings is 2. The highest BCUT2D eigenvalue weighted by Crippen LogP contribution is 2.32. The maximum atomic E-state index is 13.1. The second-order valence-electron chi connectivity index (χ2n) is 7.70. The van der Waals surface area contributed by atoms with Gasteiger partial charge in [0, 0.05) is 18.7 Å². The van der Waals surface area contributed by atoms with Crippen molar-refractivity contribution in [3.05, 3.63) is 53.6 Å². The quantitative estimate of drug-likeness (QED) is 0.635. The number of nitrogens with one attached hydrogen (secondary N) is 1. The van der Waals surface area contributed by atoms with E-state index in [-0.39, 0.29) is 31.2 Å². The Morgan fingerprint density at radius 2 is 1.75 bits per heavy atom. The van der Waals surface area contributed by atoms with Gasteiger partial charge in [-0.15, -0.1) is 0 Å². The maximum absolute atomic E-state index is 13.1. The fourth-order valence-corrected chi connectivity index (χ4v) is 3.72. The maximum Gasteiger partial charge on any atom is 0.307 e. The molecule has 1 aliphatic rings. The molecule has 8 heteroatoms. The Hall–Kier alpha value is -3.55. The van der Waals surface area contributed by atoms with Crippen molar-refractivity contribution >= 4 is 23.5 Å². The number of hydrogen-bond acceptors (Lipinski definition) is 6. The molecule has 32 heavy (non-hydrogen) atoms. The third-order valence-corrected chi connectivity index (χ3v) is 5.57. The van der Waals surface area contributed by atoms with E-state index < -0.39 is 17.9 Å². The summed E-state index contributed by atoms with van der Waals surface area (Å²) in [5.74, 6) is -0.371. The molecular weight excluding hydrogens is 412 g/mol. The van der Waals surface area contributed by atoms with E-state index in [4.69, 9.17) is 14.2 Å². The molecule has 0 radical (unpaired) electrons. The number of carbonyl (C=O) groups excluding carboxylic acids is 3. The SMILES string of the molecule is COC(=O)C[C@@H](NC(=O)[C@@H]1CC(=O)N(c2ccc(C)cc2)C1)c1ccc(OC)c(OC)c1. The highest BCUT2D eigenvalue weighted by molar-refractivity contribution is 6.00. The van der Waals surface area contributed by atoms with Crippen molar-refractivity contribution < 1.29 is 28.6 Å². The van der Waals surface area contributed by atoms with Gasteiger partial charge in [0.2, 0.25) is 11.8 Å².